The molecule has 1 saturated heterocycles. The van der Waals surface area contributed by atoms with Crippen molar-refractivity contribution < 1.29 is 14.2 Å². The SMILES string of the molecule is COc1cc(C)c(-c2cccc3c(N(CC4CC4)C4CCOCC4)c(OC)nn23)c(C)c1. The summed E-state index contributed by atoms with van der Waals surface area (Å²) in [6, 6.07) is 11.1. The number of hydrogen-bond donors (Lipinski definition) is 0. The maximum Gasteiger partial charge on any atom is 0.257 e. The van der Waals surface area contributed by atoms with Crippen molar-refractivity contribution >= 4 is 11.2 Å². The first kappa shape index (κ1) is 21.1. The Morgan fingerprint density at radius 3 is 2.38 bits per heavy atom. The maximum absolute atomic E-state index is 5.87. The number of aryl methyl sites for hydroxylation is 2. The molecule has 0 spiro atoms. The number of hydrogen-bond acceptors (Lipinski definition) is 5. The number of pyridine rings is 1. The van der Waals surface area contributed by atoms with Crippen LogP contribution in [0.15, 0.2) is 30.3 Å². The summed E-state index contributed by atoms with van der Waals surface area (Å²) in [4.78, 5) is 2.57. The lowest BCUT2D eigenvalue weighted by molar-refractivity contribution is 0.0841. The zero-order valence-electron chi connectivity index (χ0n) is 19.6. The minimum atomic E-state index is 0.458. The van der Waals surface area contributed by atoms with Crippen molar-refractivity contribution in [3.8, 4) is 22.9 Å². The number of ether oxygens (including phenoxy) is 3. The Balaban J connectivity index is 1.67. The Kier molecular flexibility index (Phi) is 5.72. The van der Waals surface area contributed by atoms with Gasteiger partial charge in [0.15, 0.2) is 0 Å². The third-order valence-electron chi connectivity index (χ3n) is 6.86. The fourth-order valence-corrected chi connectivity index (χ4v) is 5.08. The molecule has 1 aromatic carbocycles. The van der Waals surface area contributed by atoms with E-state index in [2.05, 4.69) is 53.6 Å². The molecule has 0 N–H and O–H groups in total. The summed E-state index contributed by atoms with van der Waals surface area (Å²) in [5, 5.41) is 4.97. The number of rotatable bonds is 7. The molecule has 6 nitrogen and oxygen atoms in total. The van der Waals surface area contributed by atoms with Gasteiger partial charge >= 0.3 is 0 Å². The molecule has 1 saturated carbocycles. The minimum Gasteiger partial charge on any atom is -0.497 e. The van der Waals surface area contributed by atoms with Crippen LogP contribution in [0.2, 0.25) is 0 Å². The molecule has 0 radical (unpaired) electrons. The highest BCUT2D eigenvalue weighted by Gasteiger charge is 2.33. The number of fused-ring (bicyclic) bond motifs is 1. The Morgan fingerprint density at radius 1 is 1.03 bits per heavy atom. The Labute approximate surface area is 190 Å². The fourth-order valence-electron chi connectivity index (χ4n) is 5.08. The first-order valence-electron chi connectivity index (χ1n) is 11.7. The van der Waals surface area contributed by atoms with E-state index in [1.807, 2.05) is 0 Å². The van der Waals surface area contributed by atoms with Crippen LogP contribution in [0, 0.1) is 19.8 Å². The Bertz CT molecular complexity index is 1090. The van der Waals surface area contributed by atoms with E-state index in [9.17, 15) is 0 Å². The van der Waals surface area contributed by atoms with Crippen LogP contribution in [0.25, 0.3) is 16.8 Å². The molecule has 1 aliphatic heterocycles. The van der Waals surface area contributed by atoms with Gasteiger partial charge in [0.25, 0.3) is 5.88 Å². The Morgan fingerprint density at radius 2 is 1.75 bits per heavy atom. The summed E-state index contributed by atoms with van der Waals surface area (Å²) in [5.74, 6) is 2.35. The van der Waals surface area contributed by atoms with Gasteiger partial charge in [0.2, 0.25) is 0 Å². The van der Waals surface area contributed by atoms with Gasteiger partial charge in [-0.25, -0.2) is 4.52 Å². The summed E-state index contributed by atoms with van der Waals surface area (Å²) in [6.45, 7) is 6.97. The first-order chi connectivity index (χ1) is 15.6. The highest BCUT2D eigenvalue weighted by Crippen LogP contribution is 2.41. The summed E-state index contributed by atoms with van der Waals surface area (Å²) in [7, 11) is 3.44. The predicted molar refractivity (Wildman–Crippen MR) is 127 cm³/mol. The van der Waals surface area contributed by atoms with Crippen LogP contribution in [0.1, 0.15) is 36.8 Å². The van der Waals surface area contributed by atoms with Crippen LogP contribution >= 0.6 is 0 Å². The van der Waals surface area contributed by atoms with Crippen LogP contribution in [0.4, 0.5) is 5.69 Å². The van der Waals surface area contributed by atoms with E-state index >= 15 is 0 Å². The molecule has 1 aliphatic carbocycles. The van der Waals surface area contributed by atoms with E-state index in [4.69, 9.17) is 19.3 Å². The molecule has 170 valence electrons. The van der Waals surface area contributed by atoms with Crippen LogP contribution in [0.3, 0.4) is 0 Å². The number of benzene rings is 1. The van der Waals surface area contributed by atoms with E-state index in [0.29, 0.717) is 11.9 Å². The van der Waals surface area contributed by atoms with Crippen molar-refractivity contribution in [1.82, 2.24) is 9.61 Å². The highest BCUT2D eigenvalue weighted by molar-refractivity contribution is 5.82. The van der Waals surface area contributed by atoms with Gasteiger partial charge in [-0.1, -0.05) is 6.07 Å². The zero-order chi connectivity index (χ0) is 22.2. The van der Waals surface area contributed by atoms with Crippen molar-refractivity contribution in [2.45, 2.75) is 45.6 Å². The van der Waals surface area contributed by atoms with Crippen LogP contribution in [0.5, 0.6) is 11.6 Å². The lowest BCUT2D eigenvalue weighted by Crippen LogP contribution is -2.41. The number of methoxy groups -OCH3 is 2. The molecule has 0 bridgehead atoms. The van der Waals surface area contributed by atoms with Gasteiger partial charge in [-0.2, -0.15) is 0 Å². The molecule has 3 heterocycles. The number of anilines is 1. The van der Waals surface area contributed by atoms with Gasteiger partial charge < -0.3 is 19.1 Å². The molecule has 0 unspecified atom stereocenters. The summed E-state index contributed by atoms with van der Waals surface area (Å²) in [5.41, 5.74) is 6.82. The van der Waals surface area contributed by atoms with Gasteiger partial charge in [-0.15, -0.1) is 5.10 Å². The normalized spacial score (nSPS) is 17.0. The quantitative estimate of drug-likeness (QED) is 0.521. The standard InChI is InChI=1S/C26H33N3O3/c1-17-14-21(30-3)15-18(2)24(17)22-6-5-7-23-25(26(31-4)27-29(22)23)28(16-19-8-9-19)20-10-12-32-13-11-20/h5-7,14-15,19-20H,8-13,16H2,1-4H3. The molecular formula is C26H33N3O3. The molecule has 2 aromatic heterocycles. The lowest BCUT2D eigenvalue weighted by atomic mass is 9.98. The highest BCUT2D eigenvalue weighted by atomic mass is 16.5. The van der Waals surface area contributed by atoms with E-state index in [1.54, 1.807) is 14.2 Å². The molecular weight excluding hydrogens is 402 g/mol. The average molecular weight is 436 g/mol. The molecule has 32 heavy (non-hydrogen) atoms. The minimum absolute atomic E-state index is 0.458. The van der Waals surface area contributed by atoms with Crippen molar-refractivity contribution in [3.63, 3.8) is 0 Å². The van der Waals surface area contributed by atoms with Crippen molar-refractivity contribution in [2.24, 2.45) is 5.92 Å². The first-order valence-corrected chi connectivity index (χ1v) is 11.7. The largest absolute Gasteiger partial charge is 0.497 e. The van der Waals surface area contributed by atoms with Crippen LogP contribution < -0.4 is 14.4 Å². The molecule has 5 rings (SSSR count). The molecule has 0 atom stereocenters. The molecule has 2 fully saturated rings. The number of aromatic nitrogens is 2. The lowest BCUT2D eigenvalue weighted by Gasteiger charge is -2.36. The second kappa shape index (κ2) is 8.66. The average Bonchev–Trinajstić information content (AvgIpc) is 3.55. The monoisotopic (exact) mass is 435 g/mol. The van der Waals surface area contributed by atoms with Crippen LogP contribution in [-0.4, -0.2) is 49.6 Å². The molecule has 2 aliphatic rings. The zero-order valence-corrected chi connectivity index (χ0v) is 19.6. The third kappa shape index (κ3) is 3.81. The summed E-state index contributed by atoms with van der Waals surface area (Å²) in [6.07, 6.45) is 4.72. The third-order valence-corrected chi connectivity index (χ3v) is 6.86. The Hall–Kier alpha value is -2.73. The van der Waals surface area contributed by atoms with Gasteiger partial charge in [-0.05, 0) is 80.8 Å². The number of nitrogens with zero attached hydrogens (tertiary/aromatic N) is 3. The summed E-state index contributed by atoms with van der Waals surface area (Å²) < 4.78 is 19.1. The summed E-state index contributed by atoms with van der Waals surface area (Å²) >= 11 is 0. The predicted octanol–water partition coefficient (Wildman–Crippen LogP) is 5.03. The van der Waals surface area contributed by atoms with Gasteiger partial charge in [0, 0.05) is 31.4 Å². The van der Waals surface area contributed by atoms with E-state index in [-0.39, 0.29) is 0 Å². The molecule has 3 aromatic rings. The second-order valence-electron chi connectivity index (χ2n) is 9.14. The second-order valence-corrected chi connectivity index (χ2v) is 9.14. The van der Waals surface area contributed by atoms with E-state index in [0.717, 1.165) is 61.2 Å². The van der Waals surface area contributed by atoms with Gasteiger partial charge in [0.1, 0.15) is 11.4 Å². The topological polar surface area (TPSA) is 48.2 Å². The smallest absolute Gasteiger partial charge is 0.257 e. The molecule has 6 heteroatoms. The van der Waals surface area contributed by atoms with Crippen LogP contribution in [-0.2, 0) is 4.74 Å². The van der Waals surface area contributed by atoms with E-state index in [1.165, 1.54) is 29.5 Å². The fraction of sp³-hybridized carbons (Fsp3) is 0.500. The van der Waals surface area contributed by atoms with Crippen molar-refractivity contribution in [2.75, 3.05) is 38.9 Å². The van der Waals surface area contributed by atoms with Crippen molar-refractivity contribution in [1.29, 1.82) is 0 Å². The van der Waals surface area contributed by atoms with Crippen molar-refractivity contribution in [3.05, 3.63) is 41.5 Å². The maximum atomic E-state index is 5.87. The van der Waals surface area contributed by atoms with Gasteiger partial charge in [-0.3, -0.25) is 0 Å². The van der Waals surface area contributed by atoms with Gasteiger partial charge in [0.05, 0.1) is 25.4 Å². The molecule has 0 amide bonds. The van der Waals surface area contributed by atoms with E-state index < -0.39 is 0 Å².